The lowest BCUT2D eigenvalue weighted by atomic mass is 10.1. The zero-order chi connectivity index (χ0) is 10.0. The Morgan fingerprint density at radius 3 is 2.69 bits per heavy atom. The molecule has 0 bridgehead atoms. The molecule has 2 N–H and O–H groups in total. The van der Waals surface area contributed by atoms with E-state index in [1.807, 2.05) is 19.1 Å². The molecule has 0 saturated carbocycles. The van der Waals surface area contributed by atoms with Gasteiger partial charge in [0.2, 0.25) is 5.91 Å². The molecule has 1 aromatic carbocycles. The van der Waals surface area contributed by atoms with Crippen molar-refractivity contribution >= 4 is 33.4 Å². The van der Waals surface area contributed by atoms with Crippen molar-refractivity contribution in [3.8, 4) is 0 Å². The van der Waals surface area contributed by atoms with Crippen LogP contribution in [0.5, 0.6) is 0 Å². The first-order valence-electron chi connectivity index (χ1n) is 3.72. The number of rotatable bonds is 2. The normalized spacial score (nSPS) is 12.5. The van der Waals surface area contributed by atoms with Crippen molar-refractivity contribution < 1.29 is 4.79 Å². The molecule has 1 atom stereocenters. The van der Waals surface area contributed by atoms with Crippen LogP contribution >= 0.6 is 27.5 Å². The van der Waals surface area contributed by atoms with Crippen LogP contribution in [0, 0.1) is 6.92 Å². The molecule has 70 valence electrons. The number of carbonyl (C=O) groups is 1. The van der Waals surface area contributed by atoms with Gasteiger partial charge in [-0.25, -0.2) is 0 Å². The smallest absolute Gasteiger partial charge is 0.240 e. The molecular formula is C9H9BrClNO. The largest absolute Gasteiger partial charge is 0.368 e. The Labute approximate surface area is 90.2 Å². The Bertz CT molecular complexity index is 340. The van der Waals surface area contributed by atoms with E-state index in [2.05, 4.69) is 15.9 Å². The Morgan fingerprint density at radius 2 is 2.23 bits per heavy atom. The summed E-state index contributed by atoms with van der Waals surface area (Å²) in [4.78, 5) is 10.8. The first-order valence-corrected chi connectivity index (χ1v) is 4.94. The zero-order valence-electron chi connectivity index (χ0n) is 7.05. The van der Waals surface area contributed by atoms with Crippen molar-refractivity contribution in [2.75, 3.05) is 0 Å². The molecule has 2 nitrogen and oxygen atoms in total. The van der Waals surface area contributed by atoms with E-state index < -0.39 is 11.3 Å². The Morgan fingerprint density at radius 1 is 1.62 bits per heavy atom. The molecule has 0 spiro atoms. The summed E-state index contributed by atoms with van der Waals surface area (Å²) in [5.41, 5.74) is 6.81. The molecule has 1 unspecified atom stereocenters. The molecule has 13 heavy (non-hydrogen) atoms. The number of amides is 1. The monoisotopic (exact) mass is 261 g/mol. The predicted octanol–water partition coefficient (Wildman–Crippen LogP) is 2.52. The molecule has 1 amide bonds. The minimum atomic E-state index is -0.743. The lowest BCUT2D eigenvalue weighted by Gasteiger charge is -2.09. The lowest BCUT2D eigenvalue weighted by molar-refractivity contribution is -0.117. The van der Waals surface area contributed by atoms with E-state index in [1.165, 1.54) is 0 Å². The van der Waals surface area contributed by atoms with Crippen LogP contribution in [0.2, 0.25) is 0 Å². The maximum atomic E-state index is 10.8. The van der Waals surface area contributed by atoms with Crippen LogP contribution in [0.4, 0.5) is 0 Å². The van der Waals surface area contributed by atoms with E-state index in [-0.39, 0.29) is 0 Å². The highest BCUT2D eigenvalue weighted by atomic mass is 79.9. The SMILES string of the molecule is Cc1cc(Br)ccc1C(Cl)C(N)=O. The molecule has 1 aromatic rings. The molecule has 0 fully saturated rings. The quantitative estimate of drug-likeness (QED) is 0.818. The Balaban J connectivity index is 3.08. The van der Waals surface area contributed by atoms with Crippen LogP contribution in [0.15, 0.2) is 22.7 Å². The number of benzene rings is 1. The van der Waals surface area contributed by atoms with Crippen molar-refractivity contribution in [2.24, 2.45) is 5.73 Å². The van der Waals surface area contributed by atoms with Crippen molar-refractivity contribution in [2.45, 2.75) is 12.3 Å². The third-order valence-electron chi connectivity index (χ3n) is 1.75. The number of primary amides is 1. The summed E-state index contributed by atoms with van der Waals surface area (Å²) in [6.07, 6.45) is 0. The number of carbonyl (C=O) groups excluding carboxylic acids is 1. The minimum Gasteiger partial charge on any atom is -0.368 e. The first kappa shape index (κ1) is 10.5. The van der Waals surface area contributed by atoms with Gasteiger partial charge in [-0.1, -0.05) is 22.0 Å². The highest BCUT2D eigenvalue weighted by Crippen LogP contribution is 2.25. The second-order valence-electron chi connectivity index (χ2n) is 2.77. The van der Waals surface area contributed by atoms with Gasteiger partial charge in [-0.15, -0.1) is 11.6 Å². The van der Waals surface area contributed by atoms with Crippen LogP contribution in [0.1, 0.15) is 16.5 Å². The summed E-state index contributed by atoms with van der Waals surface area (Å²) < 4.78 is 0.960. The molecule has 0 aliphatic carbocycles. The fourth-order valence-corrected chi connectivity index (χ4v) is 1.80. The topological polar surface area (TPSA) is 43.1 Å². The van der Waals surface area contributed by atoms with Crippen molar-refractivity contribution in [1.29, 1.82) is 0 Å². The average Bonchev–Trinajstić information content (AvgIpc) is 2.03. The molecule has 0 aliphatic rings. The van der Waals surface area contributed by atoms with Gasteiger partial charge in [-0.2, -0.15) is 0 Å². The number of halogens is 2. The maximum absolute atomic E-state index is 10.8. The van der Waals surface area contributed by atoms with Gasteiger partial charge in [0.1, 0.15) is 5.38 Å². The fraction of sp³-hybridized carbons (Fsp3) is 0.222. The molecule has 0 radical (unpaired) electrons. The van der Waals surface area contributed by atoms with Crippen molar-refractivity contribution in [3.05, 3.63) is 33.8 Å². The second kappa shape index (κ2) is 4.11. The van der Waals surface area contributed by atoms with Crippen LogP contribution < -0.4 is 5.73 Å². The van der Waals surface area contributed by atoms with Gasteiger partial charge < -0.3 is 5.73 Å². The minimum absolute atomic E-state index is 0.521. The predicted molar refractivity (Wildman–Crippen MR) is 56.7 cm³/mol. The van der Waals surface area contributed by atoms with Gasteiger partial charge in [0.05, 0.1) is 0 Å². The van der Waals surface area contributed by atoms with E-state index in [0.717, 1.165) is 15.6 Å². The summed E-state index contributed by atoms with van der Waals surface area (Å²) in [6, 6.07) is 5.52. The zero-order valence-corrected chi connectivity index (χ0v) is 9.39. The molecule has 1 rings (SSSR count). The van der Waals surface area contributed by atoms with Gasteiger partial charge in [0, 0.05) is 4.47 Å². The molecule has 0 aliphatic heterocycles. The molecule has 4 heteroatoms. The van der Waals surface area contributed by atoms with E-state index in [1.54, 1.807) is 6.07 Å². The summed E-state index contributed by atoms with van der Waals surface area (Å²) in [7, 11) is 0. The van der Waals surface area contributed by atoms with Crippen LogP contribution in [-0.4, -0.2) is 5.91 Å². The van der Waals surface area contributed by atoms with Crippen LogP contribution in [0.25, 0.3) is 0 Å². The van der Waals surface area contributed by atoms with Gasteiger partial charge >= 0.3 is 0 Å². The maximum Gasteiger partial charge on any atom is 0.240 e. The lowest BCUT2D eigenvalue weighted by Crippen LogP contribution is -2.17. The number of hydrogen-bond acceptors (Lipinski definition) is 1. The number of hydrogen-bond donors (Lipinski definition) is 1. The number of alkyl halides is 1. The van der Waals surface area contributed by atoms with Gasteiger partial charge in [0.15, 0.2) is 0 Å². The van der Waals surface area contributed by atoms with E-state index in [4.69, 9.17) is 17.3 Å². The molecule has 0 saturated heterocycles. The standard InChI is InChI=1S/C9H9BrClNO/c1-5-4-6(10)2-3-7(5)8(11)9(12)13/h2-4,8H,1H3,(H2,12,13). The van der Waals surface area contributed by atoms with Crippen molar-refractivity contribution in [1.82, 2.24) is 0 Å². The van der Waals surface area contributed by atoms with Gasteiger partial charge in [0.25, 0.3) is 0 Å². The number of aryl methyl sites for hydroxylation is 1. The average molecular weight is 263 g/mol. The fourth-order valence-electron chi connectivity index (χ4n) is 1.08. The summed E-state index contributed by atoms with van der Waals surface area (Å²) in [6.45, 7) is 1.89. The van der Waals surface area contributed by atoms with Gasteiger partial charge in [-0.3, -0.25) is 4.79 Å². The second-order valence-corrected chi connectivity index (χ2v) is 4.12. The Hall–Kier alpha value is -0.540. The first-order chi connectivity index (χ1) is 6.02. The van der Waals surface area contributed by atoms with E-state index >= 15 is 0 Å². The molecule has 0 aromatic heterocycles. The number of nitrogens with two attached hydrogens (primary N) is 1. The summed E-state index contributed by atoms with van der Waals surface area (Å²) in [5.74, 6) is -0.521. The molecule has 0 heterocycles. The summed E-state index contributed by atoms with van der Waals surface area (Å²) in [5, 5.41) is -0.743. The van der Waals surface area contributed by atoms with Gasteiger partial charge in [-0.05, 0) is 30.2 Å². The Kier molecular flexibility index (Phi) is 3.33. The van der Waals surface area contributed by atoms with Crippen LogP contribution in [0.3, 0.4) is 0 Å². The third kappa shape index (κ3) is 2.45. The third-order valence-corrected chi connectivity index (χ3v) is 2.70. The highest BCUT2D eigenvalue weighted by Gasteiger charge is 2.15. The summed E-state index contributed by atoms with van der Waals surface area (Å²) >= 11 is 9.13. The van der Waals surface area contributed by atoms with E-state index in [0.29, 0.717) is 0 Å². The van der Waals surface area contributed by atoms with Crippen LogP contribution in [-0.2, 0) is 4.79 Å². The van der Waals surface area contributed by atoms with Crippen molar-refractivity contribution in [3.63, 3.8) is 0 Å². The highest BCUT2D eigenvalue weighted by molar-refractivity contribution is 9.10. The molecular weight excluding hydrogens is 253 g/mol. The van der Waals surface area contributed by atoms with E-state index in [9.17, 15) is 4.79 Å².